The molecule has 0 aromatic heterocycles. The lowest BCUT2D eigenvalue weighted by Gasteiger charge is -2.29. The predicted molar refractivity (Wildman–Crippen MR) is 63.4 cm³/mol. The average molecular weight is 245 g/mol. The number of likely N-dealkylation sites (tertiary alicyclic amines) is 1. The Morgan fingerprint density at radius 3 is 2.35 bits per heavy atom. The number of ether oxygens (including phenoxy) is 1. The molecule has 0 radical (unpaired) electrons. The van der Waals surface area contributed by atoms with Crippen LogP contribution in [0.15, 0.2) is 0 Å². The Morgan fingerprint density at radius 1 is 1.41 bits per heavy atom. The summed E-state index contributed by atoms with van der Waals surface area (Å²) < 4.78 is 5.22. The highest BCUT2D eigenvalue weighted by atomic mass is 16.5. The molecule has 17 heavy (non-hydrogen) atoms. The van der Waals surface area contributed by atoms with Crippen molar-refractivity contribution in [3.63, 3.8) is 0 Å². The Labute approximate surface area is 102 Å². The fourth-order valence-electron chi connectivity index (χ4n) is 2.71. The molecular formula is C12H23NO4. The van der Waals surface area contributed by atoms with Crippen LogP contribution in [0.4, 0.5) is 0 Å². The van der Waals surface area contributed by atoms with Crippen molar-refractivity contribution < 1.29 is 19.7 Å². The van der Waals surface area contributed by atoms with Gasteiger partial charge in [0.25, 0.3) is 0 Å². The van der Waals surface area contributed by atoms with Crippen LogP contribution in [0.1, 0.15) is 27.2 Å². The van der Waals surface area contributed by atoms with Gasteiger partial charge in [0, 0.05) is 14.0 Å². The molecule has 5 heteroatoms. The van der Waals surface area contributed by atoms with Crippen molar-refractivity contribution in [3.8, 4) is 0 Å². The summed E-state index contributed by atoms with van der Waals surface area (Å²) in [5, 5.41) is 19.6. The largest absolute Gasteiger partial charge is 0.394 e. The normalized spacial score (nSPS) is 33.5. The Kier molecular flexibility index (Phi) is 4.91. The quantitative estimate of drug-likeness (QED) is 0.731. The van der Waals surface area contributed by atoms with Crippen LogP contribution in [0.3, 0.4) is 0 Å². The Bertz CT molecular complexity index is 269. The van der Waals surface area contributed by atoms with Crippen LogP contribution in [0.5, 0.6) is 0 Å². The van der Waals surface area contributed by atoms with Gasteiger partial charge in [-0.1, -0.05) is 13.8 Å². The van der Waals surface area contributed by atoms with Gasteiger partial charge < -0.3 is 19.8 Å². The summed E-state index contributed by atoms with van der Waals surface area (Å²) in [5.74, 6) is 0.236. The third kappa shape index (κ3) is 2.78. The van der Waals surface area contributed by atoms with Gasteiger partial charge in [0.05, 0.1) is 18.7 Å². The fraction of sp³-hybridized carbons (Fsp3) is 0.917. The van der Waals surface area contributed by atoms with Crippen molar-refractivity contribution in [2.24, 2.45) is 5.92 Å². The van der Waals surface area contributed by atoms with Gasteiger partial charge in [0.2, 0.25) is 5.91 Å². The van der Waals surface area contributed by atoms with Crippen molar-refractivity contribution in [1.29, 1.82) is 0 Å². The molecule has 1 amide bonds. The van der Waals surface area contributed by atoms with E-state index in [-0.39, 0.29) is 18.6 Å². The number of carbonyl (C=O) groups excluding carboxylic acids is 1. The highest BCUT2D eigenvalue weighted by molar-refractivity contribution is 5.74. The second-order valence-corrected chi connectivity index (χ2v) is 5.06. The number of methoxy groups -OCH3 is 1. The molecular weight excluding hydrogens is 222 g/mol. The van der Waals surface area contributed by atoms with Crippen molar-refractivity contribution in [2.45, 2.75) is 51.5 Å². The lowest BCUT2D eigenvalue weighted by atomic mass is 9.99. The number of aliphatic hydroxyl groups excluding tert-OH is 2. The fourth-order valence-corrected chi connectivity index (χ4v) is 2.71. The average Bonchev–Trinajstić information content (AvgIpc) is 2.50. The lowest BCUT2D eigenvalue weighted by molar-refractivity contribution is -0.134. The van der Waals surface area contributed by atoms with Crippen molar-refractivity contribution in [2.75, 3.05) is 13.7 Å². The van der Waals surface area contributed by atoms with Gasteiger partial charge in [-0.2, -0.15) is 0 Å². The second kappa shape index (κ2) is 5.80. The highest BCUT2D eigenvalue weighted by Crippen LogP contribution is 2.31. The van der Waals surface area contributed by atoms with Gasteiger partial charge in [-0.05, 0) is 12.3 Å². The van der Waals surface area contributed by atoms with Crippen LogP contribution in [0, 0.1) is 5.92 Å². The Balaban J connectivity index is 2.96. The summed E-state index contributed by atoms with van der Waals surface area (Å²) >= 11 is 0. The molecule has 4 atom stereocenters. The number of nitrogens with zero attached hydrogens (tertiary/aromatic N) is 1. The summed E-state index contributed by atoms with van der Waals surface area (Å²) in [6.07, 6.45) is -0.534. The van der Waals surface area contributed by atoms with E-state index in [2.05, 4.69) is 0 Å². The molecule has 1 rings (SSSR count). The zero-order valence-electron chi connectivity index (χ0n) is 11.0. The van der Waals surface area contributed by atoms with E-state index in [9.17, 15) is 15.0 Å². The number of hydrogen-bond donors (Lipinski definition) is 2. The number of amides is 1. The molecule has 1 aliphatic rings. The second-order valence-electron chi connectivity index (χ2n) is 5.06. The van der Waals surface area contributed by atoms with E-state index >= 15 is 0 Å². The summed E-state index contributed by atoms with van der Waals surface area (Å²) in [7, 11) is 1.49. The molecule has 1 heterocycles. The molecule has 4 unspecified atom stereocenters. The summed E-state index contributed by atoms with van der Waals surface area (Å²) in [6.45, 7) is 5.35. The van der Waals surface area contributed by atoms with E-state index in [1.54, 1.807) is 4.90 Å². The molecule has 0 aromatic carbocycles. The zero-order chi connectivity index (χ0) is 13.2. The van der Waals surface area contributed by atoms with Crippen LogP contribution in [-0.4, -0.2) is 59.0 Å². The van der Waals surface area contributed by atoms with E-state index in [1.165, 1.54) is 14.0 Å². The van der Waals surface area contributed by atoms with Gasteiger partial charge >= 0.3 is 0 Å². The number of hydrogen-bond acceptors (Lipinski definition) is 4. The van der Waals surface area contributed by atoms with E-state index in [4.69, 9.17) is 4.74 Å². The lowest BCUT2D eigenvalue weighted by Crippen LogP contribution is -2.45. The zero-order valence-corrected chi connectivity index (χ0v) is 11.0. The van der Waals surface area contributed by atoms with Gasteiger partial charge in [-0.15, -0.1) is 0 Å². The third-order valence-corrected chi connectivity index (χ3v) is 3.36. The van der Waals surface area contributed by atoms with Gasteiger partial charge in [0.1, 0.15) is 12.2 Å². The smallest absolute Gasteiger partial charge is 0.220 e. The van der Waals surface area contributed by atoms with E-state index < -0.39 is 18.2 Å². The number of aliphatic hydroxyl groups is 2. The van der Waals surface area contributed by atoms with Crippen LogP contribution in [-0.2, 0) is 9.53 Å². The summed E-state index contributed by atoms with van der Waals surface area (Å²) in [5.41, 5.74) is 0. The van der Waals surface area contributed by atoms with Crippen molar-refractivity contribution >= 4 is 5.91 Å². The Morgan fingerprint density at radius 2 is 2.00 bits per heavy atom. The molecule has 0 spiro atoms. The minimum atomic E-state index is -0.733. The first-order valence-electron chi connectivity index (χ1n) is 6.04. The van der Waals surface area contributed by atoms with Crippen LogP contribution < -0.4 is 0 Å². The van der Waals surface area contributed by atoms with Crippen LogP contribution in [0.2, 0.25) is 0 Å². The monoisotopic (exact) mass is 245 g/mol. The molecule has 5 nitrogen and oxygen atoms in total. The predicted octanol–water partition coefficient (Wildman–Crippen LogP) is -0.000000000000000167. The minimum Gasteiger partial charge on any atom is -0.394 e. The molecule has 2 N–H and O–H groups in total. The maximum Gasteiger partial charge on any atom is 0.220 e. The topological polar surface area (TPSA) is 70.0 Å². The van der Waals surface area contributed by atoms with Crippen molar-refractivity contribution in [3.05, 3.63) is 0 Å². The molecule has 1 fully saturated rings. The van der Waals surface area contributed by atoms with Gasteiger partial charge in [-0.3, -0.25) is 4.79 Å². The molecule has 0 saturated carbocycles. The summed E-state index contributed by atoms with van der Waals surface area (Å²) in [6, 6.07) is -0.717. The molecule has 0 bridgehead atoms. The SMILES string of the molecule is COC1C(O)C(CC(C)C)N(C(C)=O)C1CO. The van der Waals surface area contributed by atoms with E-state index in [0.717, 1.165) is 0 Å². The van der Waals surface area contributed by atoms with Crippen molar-refractivity contribution in [1.82, 2.24) is 4.90 Å². The first-order valence-corrected chi connectivity index (χ1v) is 6.04. The maximum absolute atomic E-state index is 11.7. The standard InChI is InChI=1S/C12H23NO4/c1-7(2)5-9-11(16)12(17-4)10(6-14)13(9)8(3)15/h7,9-12,14,16H,5-6H2,1-4H3. The van der Waals surface area contributed by atoms with Crippen LogP contribution in [0.25, 0.3) is 0 Å². The number of carbonyl (C=O) groups is 1. The molecule has 0 aromatic rings. The van der Waals surface area contributed by atoms with E-state index in [1.807, 2.05) is 13.8 Å². The molecule has 100 valence electrons. The molecule has 0 aliphatic carbocycles. The number of rotatable bonds is 4. The minimum absolute atomic E-state index is 0.131. The third-order valence-electron chi connectivity index (χ3n) is 3.36. The van der Waals surface area contributed by atoms with E-state index in [0.29, 0.717) is 12.3 Å². The molecule has 1 saturated heterocycles. The maximum atomic E-state index is 11.7. The van der Waals surface area contributed by atoms with Crippen LogP contribution >= 0.6 is 0 Å². The summed E-state index contributed by atoms with van der Waals surface area (Å²) in [4.78, 5) is 13.2. The highest BCUT2D eigenvalue weighted by Gasteiger charge is 2.49. The molecule has 1 aliphatic heterocycles. The Hall–Kier alpha value is -0.650. The first kappa shape index (κ1) is 14.4. The van der Waals surface area contributed by atoms with Gasteiger partial charge in [0.15, 0.2) is 0 Å². The first-order chi connectivity index (χ1) is 7.93. The van der Waals surface area contributed by atoms with Gasteiger partial charge in [-0.25, -0.2) is 0 Å².